The van der Waals surface area contributed by atoms with Crippen LogP contribution in [0.2, 0.25) is 0 Å². The van der Waals surface area contributed by atoms with Crippen LogP contribution in [0.3, 0.4) is 0 Å². The van der Waals surface area contributed by atoms with Crippen molar-refractivity contribution in [1.29, 1.82) is 0 Å². The Morgan fingerprint density at radius 3 is 2.74 bits per heavy atom. The van der Waals surface area contributed by atoms with Gasteiger partial charge in [0.25, 0.3) is 0 Å². The summed E-state index contributed by atoms with van der Waals surface area (Å²) in [5, 5.41) is 0. The van der Waals surface area contributed by atoms with Gasteiger partial charge in [-0.15, -0.1) is 0 Å². The van der Waals surface area contributed by atoms with Crippen LogP contribution in [-0.2, 0) is 30.5 Å². The van der Waals surface area contributed by atoms with Crippen molar-refractivity contribution in [2.24, 2.45) is 0 Å². The molecule has 0 aliphatic heterocycles. The third kappa shape index (κ3) is 5.07. The van der Waals surface area contributed by atoms with Gasteiger partial charge < -0.3 is 9.30 Å². The van der Waals surface area contributed by atoms with E-state index in [9.17, 15) is 13.2 Å². The number of hydrogen-bond donors (Lipinski definition) is 0. The molecule has 0 fully saturated rings. The van der Waals surface area contributed by atoms with E-state index < -0.39 is 11.7 Å². The number of nitrogens with zero attached hydrogens (tertiary/aromatic N) is 3. The third-order valence-corrected chi connectivity index (χ3v) is 3.46. The minimum atomic E-state index is -4.31. The van der Waals surface area contributed by atoms with Crippen molar-refractivity contribution in [2.75, 3.05) is 20.8 Å². The van der Waals surface area contributed by atoms with Gasteiger partial charge in [0.05, 0.1) is 18.7 Å². The van der Waals surface area contributed by atoms with Crippen LogP contribution in [0.5, 0.6) is 0 Å². The largest absolute Gasteiger partial charge is 0.416 e. The minimum absolute atomic E-state index is 0.418. The minimum Gasteiger partial charge on any atom is -0.383 e. The first-order chi connectivity index (χ1) is 10.9. The quantitative estimate of drug-likeness (QED) is 0.782. The molecular formula is C16H20F3N3O. The molecular weight excluding hydrogens is 307 g/mol. The highest BCUT2D eigenvalue weighted by atomic mass is 19.4. The molecule has 0 N–H and O–H groups in total. The van der Waals surface area contributed by atoms with Gasteiger partial charge in [0.1, 0.15) is 5.82 Å². The Hall–Kier alpha value is -1.86. The Kier molecular flexibility index (Phi) is 5.79. The summed E-state index contributed by atoms with van der Waals surface area (Å²) in [6, 6.07) is 5.41. The van der Waals surface area contributed by atoms with Gasteiger partial charge in [-0.3, -0.25) is 4.90 Å². The van der Waals surface area contributed by atoms with Gasteiger partial charge >= 0.3 is 6.18 Å². The molecule has 0 spiro atoms. The van der Waals surface area contributed by atoms with Crippen LogP contribution in [0.25, 0.3) is 0 Å². The first-order valence-corrected chi connectivity index (χ1v) is 7.24. The number of ether oxygens (including phenoxy) is 1. The fraction of sp³-hybridized carbons (Fsp3) is 0.438. The van der Waals surface area contributed by atoms with Crippen LogP contribution in [0.1, 0.15) is 17.0 Å². The monoisotopic (exact) mass is 327 g/mol. The maximum atomic E-state index is 12.7. The summed E-state index contributed by atoms with van der Waals surface area (Å²) in [6.07, 6.45) is -0.736. The number of rotatable bonds is 7. The Morgan fingerprint density at radius 2 is 2.04 bits per heavy atom. The number of benzene rings is 1. The highest BCUT2D eigenvalue weighted by Gasteiger charge is 2.30. The SMILES string of the molecule is COCCn1ccnc1CN(C)Cc1cccc(C(F)(F)F)c1. The molecule has 0 radical (unpaired) electrons. The Labute approximate surface area is 133 Å². The van der Waals surface area contributed by atoms with Gasteiger partial charge in [0, 0.05) is 32.6 Å². The zero-order chi connectivity index (χ0) is 16.9. The Morgan fingerprint density at radius 1 is 1.26 bits per heavy atom. The van der Waals surface area contributed by atoms with Gasteiger partial charge in [-0.05, 0) is 18.7 Å². The van der Waals surface area contributed by atoms with Crippen molar-refractivity contribution in [1.82, 2.24) is 14.5 Å². The zero-order valence-corrected chi connectivity index (χ0v) is 13.2. The summed E-state index contributed by atoms with van der Waals surface area (Å²) < 4.78 is 45.3. The van der Waals surface area contributed by atoms with Crippen molar-refractivity contribution < 1.29 is 17.9 Å². The fourth-order valence-corrected chi connectivity index (χ4v) is 2.34. The summed E-state index contributed by atoms with van der Waals surface area (Å²) in [4.78, 5) is 6.22. The number of alkyl halides is 3. The summed E-state index contributed by atoms with van der Waals surface area (Å²) in [6.45, 7) is 2.25. The number of aromatic nitrogens is 2. The van der Waals surface area contributed by atoms with E-state index in [0.29, 0.717) is 31.8 Å². The molecule has 7 heteroatoms. The lowest BCUT2D eigenvalue weighted by atomic mass is 10.1. The standard InChI is InChI=1S/C16H20F3N3O/c1-21(12-15-20-6-7-22(15)8-9-23-2)11-13-4-3-5-14(10-13)16(17,18)19/h3-7,10H,8-9,11-12H2,1-2H3. The second kappa shape index (κ2) is 7.61. The molecule has 23 heavy (non-hydrogen) atoms. The first kappa shape index (κ1) is 17.5. The average Bonchev–Trinajstić information content (AvgIpc) is 2.91. The first-order valence-electron chi connectivity index (χ1n) is 7.24. The van der Waals surface area contributed by atoms with Gasteiger partial charge in [-0.1, -0.05) is 18.2 Å². The van der Waals surface area contributed by atoms with Crippen molar-refractivity contribution >= 4 is 0 Å². The molecule has 0 saturated carbocycles. The Balaban J connectivity index is 2.00. The average molecular weight is 327 g/mol. The van der Waals surface area contributed by atoms with Crippen LogP contribution in [0, 0.1) is 0 Å². The molecule has 2 rings (SSSR count). The van der Waals surface area contributed by atoms with Crippen molar-refractivity contribution in [3.63, 3.8) is 0 Å². The molecule has 0 aliphatic rings. The van der Waals surface area contributed by atoms with Gasteiger partial charge in [0.2, 0.25) is 0 Å². The highest BCUT2D eigenvalue weighted by molar-refractivity contribution is 5.25. The second-order valence-electron chi connectivity index (χ2n) is 5.40. The van der Waals surface area contributed by atoms with Crippen LogP contribution >= 0.6 is 0 Å². The molecule has 0 saturated heterocycles. The van der Waals surface area contributed by atoms with Crippen LogP contribution in [0.4, 0.5) is 13.2 Å². The van der Waals surface area contributed by atoms with E-state index >= 15 is 0 Å². The molecule has 1 heterocycles. The summed E-state index contributed by atoms with van der Waals surface area (Å²) in [7, 11) is 3.49. The van der Waals surface area contributed by atoms with Crippen LogP contribution in [0.15, 0.2) is 36.7 Å². The highest BCUT2D eigenvalue weighted by Crippen LogP contribution is 2.29. The van der Waals surface area contributed by atoms with E-state index in [2.05, 4.69) is 4.98 Å². The van der Waals surface area contributed by atoms with Gasteiger partial charge in [0.15, 0.2) is 0 Å². The van der Waals surface area contributed by atoms with Gasteiger partial charge in [-0.25, -0.2) is 4.98 Å². The lowest BCUT2D eigenvalue weighted by Crippen LogP contribution is -2.21. The summed E-state index contributed by atoms with van der Waals surface area (Å²) in [5.74, 6) is 0.858. The molecule has 1 aromatic carbocycles. The zero-order valence-electron chi connectivity index (χ0n) is 13.2. The van der Waals surface area contributed by atoms with E-state index in [1.165, 1.54) is 12.1 Å². The van der Waals surface area contributed by atoms with E-state index in [1.54, 1.807) is 19.4 Å². The van der Waals surface area contributed by atoms with Crippen molar-refractivity contribution in [3.05, 3.63) is 53.6 Å². The predicted octanol–water partition coefficient (Wildman–Crippen LogP) is 3.18. The number of hydrogen-bond acceptors (Lipinski definition) is 3. The lowest BCUT2D eigenvalue weighted by molar-refractivity contribution is -0.137. The van der Waals surface area contributed by atoms with Gasteiger partial charge in [-0.2, -0.15) is 13.2 Å². The number of methoxy groups -OCH3 is 1. The summed E-state index contributed by atoms with van der Waals surface area (Å²) in [5.41, 5.74) is 0.00215. The van der Waals surface area contributed by atoms with Crippen molar-refractivity contribution in [2.45, 2.75) is 25.8 Å². The maximum absolute atomic E-state index is 12.7. The molecule has 2 aromatic rings. The lowest BCUT2D eigenvalue weighted by Gasteiger charge is -2.18. The third-order valence-electron chi connectivity index (χ3n) is 3.46. The Bertz CT molecular complexity index is 625. The molecule has 0 bridgehead atoms. The molecule has 1 aromatic heterocycles. The van der Waals surface area contributed by atoms with Crippen LogP contribution < -0.4 is 0 Å². The second-order valence-corrected chi connectivity index (χ2v) is 5.40. The molecule has 126 valence electrons. The van der Waals surface area contributed by atoms with Crippen LogP contribution in [-0.4, -0.2) is 35.2 Å². The fourth-order valence-electron chi connectivity index (χ4n) is 2.34. The van der Waals surface area contributed by atoms with Crippen molar-refractivity contribution in [3.8, 4) is 0 Å². The number of imidazole rings is 1. The topological polar surface area (TPSA) is 30.3 Å². The van der Waals surface area contributed by atoms with E-state index in [1.807, 2.05) is 22.7 Å². The van der Waals surface area contributed by atoms with E-state index in [0.717, 1.165) is 11.9 Å². The van der Waals surface area contributed by atoms with E-state index in [-0.39, 0.29) is 0 Å². The molecule has 4 nitrogen and oxygen atoms in total. The number of halogens is 3. The maximum Gasteiger partial charge on any atom is 0.416 e. The smallest absolute Gasteiger partial charge is 0.383 e. The van der Waals surface area contributed by atoms with E-state index in [4.69, 9.17) is 4.74 Å². The molecule has 0 amide bonds. The molecule has 0 atom stereocenters. The predicted molar refractivity (Wildman–Crippen MR) is 80.7 cm³/mol. The normalized spacial score (nSPS) is 12.1. The molecule has 0 unspecified atom stereocenters. The summed E-state index contributed by atoms with van der Waals surface area (Å²) >= 11 is 0. The molecule has 0 aliphatic carbocycles.